The van der Waals surface area contributed by atoms with Crippen LogP contribution in [-0.4, -0.2) is 15.7 Å². The Morgan fingerprint density at radius 3 is 2.36 bits per heavy atom. The number of halogens is 1. The van der Waals surface area contributed by atoms with Gasteiger partial charge in [-0.2, -0.15) is 0 Å². The molecule has 0 aliphatic carbocycles. The maximum Gasteiger partial charge on any atom is 0.333 e. The third-order valence-electron chi connectivity index (χ3n) is 1.84. The van der Waals surface area contributed by atoms with Crippen molar-refractivity contribution in [3.8, 4) is 5.88 Å². The van der Waals surface area contributed by atoms with Crippen molar-refractivity contribution in [2.75, 3.05) is 6.61 Å². The molecular weight excluding hydrogens is 208 g/mol. The molecule has 1 aromatic heterocycles. The summed E-state index contributed by atoms with van der Waals surface area (Å²) in [6.07, 6.45) is 0. The molecule has 0 saturated carbocycles. The molecule has 0 radical (unpaired) electrons. The van der Waals surface area contributed by atoms with Gasteiger partial charge in [-0.25, -0.2) is 4.79 Å². The Morgan fingerprint density at radius 2 is 1.86 bits per heavy atom. The van der Waals surface area contributed by atoms with Crippen LogP contribution >= 0.6 is 11.6 Å². The van der Waals surface area contributed by atoms with Gasteiger partial charge in [0.1, 0.15) is 0 Å². The molecule has 1 heterocycles. The highest BCUT2D eigenvalue weighted by Crippen LogP contribution is 2.16. The van der Waals surface area contributed by atoms with Crippen molar-refractivity contribution in [1.29, 1.82) is 0 Å². The molecule has 0 bridgehead atoms. The molecule has 1 aromatic rings. The summed E-state index contributed by atoms with van der Waals surface area (Å²) < 4.78 is 7.24. The van der Waals surface area contributed by atoms with Gasteiger partial charge < -0.3 is 4.74 Å². The molecular formula is C8H11ClN2O3. The van der Waals surface area contributed by atoms with Gasteiger partial charge in [-0.1, -0.05) is 11.6 Å². The predicted octanol–water partition coefficient (Wildman–Crippen LogP) is 0.136. The fourth-order valence-electron chi connectivity index (χ4n) is 1.08. The maximum absolute atomic E-state index is 11.4. The summed E-state index contributed by atoms with van der Waals surface area (Å²) in [6.45, 7) is 2.10. The van der Waals surface area contributed by atoms with Gasteiger partial charge in [0.05, 0.1) is 6.61 Å². The summed E-state index contributed by atoms with van der Waals surface area (Å²) >= 11 is 5.74. The van der Waals surface area contributed by atoms with E-state index < -0.39 is 11.2 Å². The summed E-state index contributed by atoms with van der Waals surface area (Å²) in [5.74, 6) is 0.113. The van der Waals surface area contributed by atoms with Crippen LogP contribution in [0.5, 0.6) is 5.88 Å². The van der Waals surface area contributed by atoms with E-state index in [9.17, 15) is 9.59 Å². The molecule has 0 unspecified atom stereocenters. The van der Waals surface area contributed by atoms with Gasteiger partial charge in [0, 0.05) is 14.1 Å². The van der Waals surface area contributed by atoms with Crippen molar-refractivity contribution < 1.29 is 4.74 Å². The first-order valence-corrected chi connectivity index (χ1v) is 4.46. The number of ether oxygens (including phenoxy) is 1. The van der Waals surface area contributed by atoms with Crippen molar-refractivity contribution in [3.63, 3.8) is 0 Å². The molecule has 0 fully saturated rings. The van der Waals surface area contributed by atoms with Crippen molar-refractivity contribution >= 4 is 11.6 Å². The lowest BCUT2D eigenvalue weighted by Crippen LogP contribution is -2.37. The van der Waals surface area contributed by atoms with E-state index >= 15 is 0 Å². The molecule has 6 heteroatoms. The first kappa shape index (κ1) is 10.8. The van der Waals surface area contributed by atoms with Crippen LogP contribution in [0.3, 0.4) is 0 Å². The van der Waals surface area contributed by atoms with Gasteiger partial charge in [-0.15, -0.1) is 0 Å². The molecule has 1 rings (SSSR count). The van der Waals surface area contributed by atoms with Gasteiger partial charge in [-0.05, 0) is 6.92 Å². The monoisotopic (exact) mass is 218 g/mol. The molecule has 78 valence electrons. The van der Waals surface area contributed by atoms with E-state index in [2.05, 4.69) is 0 Å². The summed E-state index contributed by atoms with van der Waals surface area (Å²) in [5, 5.41) is -0.0727. The average molecular weight is 219 g/mol. The fourth-order valence-corrected chi connectivity index (χ4v) is 1.39. The summed E-state index contributed by atoms with van der Waals surface area (Å²) in [7, 11) is 2.87. The smallest absolute Gasteiger partial charge is 0.333 e. The molecule has 0 amide bonds. The largest absolute Gasteiger partial charge is 0.478 e. The topological polar surface area (TPSA) is 53.2 Å². The lowest BCUT2D eigenvalue weighted by molar-refractivity contribution is 0.306. The fraction of sp³-hybridized carbons (Fsp3) is 0.500. The molecule has 0 N–H and O–H groups in total. The van der Waals surface area contributed by atoms with Crippen LogP contribution in [-0.2, 0) is 14.1 Å². The van der Waals surface area contributed by atoms with E-state index in [4.69, 9.17) is 16.3 Å². The van der Waals surface area contributed by atoms with Crippen LogP contribution < -0.4 is 16.0 Å². The number of hydrogen-bond donors (Lipinski definition) is 0. The highest BCUT2D eigenvalue weighted by molar-refractivity contribution is 6.31. The molecule has 14 heavy (non-hydrogen) atoms. The first-order chi connectivity index (χ1) is 6.50. The molecule has 0 aliphatic heterocycles. The third kappa shape index (κ3) is 1.55. The van der Waals surface area contributed by atoms with E-state index in [1.54, 1.807) is 6.92 Å². The molecule has 0 aliphatic rings. The van der Waals surface area contributed by atoms with Crippen LogP contribution in [0.1, 0.15) is 6.92 Å². The van der Waals surface area contributed by atoms with Crippen LogP contribution in [0.15, 0.2) is 9.59 Å². The van der Waals surface area contributed by atoms with Crippen LogP contribution in [0.25, 0.3) is 0 Å². The van der Waals surface area contributed by atoms with E-state index in [0.717, 1.165) is 4.57 Å². The third-order valence-corrected chi connectivity index (χ3v) is 2.16. The van der Waals surface area contributed by atoms with Crippen molar-refractivity contribution in [2.24, 2.45) is 14.1 Å². The average Bonchev–Trinajstić information content (AvgIpc) is 2.19. The normalized spacial score (nSPS) is 10.3. The minimum absolute atomic E-state index is 0.0727. The Bertz CT molecular complexity index is 424. The summed E-state index contributed by atoms with van der Waals surface area (Å²) in [5.41, 5.74) is -0.999. The van der Waals surface area contributed by atoms with Gasteiger partial charge in [0.25, 0.3) is 5.56 Å². The Hall–Kier alpha value is -1.23. The quantitative estimate of drug-likeness (QED) is 0.710. The van der Waals surface area contributed by atoms with E-state index in [1.165, 1.54) is 18.7 Å². The van der Waals surface area contributed by atoms with Gasteiger partial charge >= 0.3 is 5.69 Å². The minimum atomic E-state index is -0.543. The van der Waals surface area contributed by atoms with E-state index in [0.29, 0.717) is 6.61 Å². The summed E-state index contributed by atoms with van der Waals surface area (Å²) in [6, 6.07) is 0. The van der Waals surface area contributed by atoms with E-state index in [-0.39, 0.29) is 10.9 Å². The first-order valence-electron chi connectivity index (χ1n) is 4.09. The van der Waals surface area contributed by atoms with Crippen molar-refractivity contribution in [3.05, 3.63) is 25.9 Å². The van der Waals surface area contributed by atoms with Gasteiger partial charge in [0.15, 0.2) is 5.02 Å². The van der Waals surface area contributed by atoms with Gasteiger partial charge in [-0.3, -0.25) is 13.9 Å². The Balaban J connectivity index is 3.60. The summed E-state index contributed by atoms with van der Waals surface area (Å²) in [4.78, 5) is 22.8. The number of aromatic nitrogens is 2. The van der Waals surface area contributed by atoms with Gasteiger partial charge in [0.2, 0.25) is 5.88 Å². The molecule has 0 atom stereocenters. The Kier molecular flexibility index (Phi) is 3.00. The maximum atomic E-state index is 11.4. The van der Waals surface area contributed by atoms with Crippen LogP contribution in [0.4, 0.5) is 0 Å². The molecule has 5 nitrogen and oxygen atoms in total. The highest BCUT2D eigenvalue weighted by atomic mass is 35.5. The van der Waals surface area contributed by atoms with Crippen LogP contribution in [0.2, 0.25) is 5.02 Å². The zero-order chi connectivity index (χ0) is 10.9. The van der Waals surface area contributed by atoms with E-state index in [1.807, 2.05) is 0 Å². The standard InChI is InChI=1S/C8H11ClN2O3/c1-4-14-7-5(9)6(12)10(2)8(13)11(7)3/h4H2,1-3H3. The van der Waals surface area contributed by atoms with Crippen molar-refractivity contribution in [1.82, 2.24) is 9.13 Å². The second kappa shape index (κ2) is 3.88. The minimum Gasteiger partial charge on any atom is -0.478 e. The van der Waals surface area contributed by atoms with Crippen LogP contribution in [0, 0.1) is 0 Å². The second-order valence-electron chi connectivity index (χ2n) is 2.76. The van der Waals surface area contributed by atoms with Crippen molar-refractivity contribution in [2.45, 2.75) is 6.92 Å². The Labute approximate surface area is 85.5 Å². The second-order valence-corrected chi connectivity index (χ2v) is 3.14. The highest BCUT2D eigenvalue weighted by Gasteiger charge is 2.13. The Morgan fingerprint density at radius 1 is 1.29 bits per heavy atom. The molecule has 0 spiro atoms. The number of nitrogens with zero attached hydrogens (tertiary/aromatic N) is 2. The SMILES string of the molecule is CCOc1c(Cl)c(=O)n(C)c(=O)n1C. The predicted molar refractivity (Wildman–Crippen MR) is 53.1 cm³/mol. The number of rotatable bonds is 2. The molecule has 0 saturated heterocycles. The molecule has 0 aromatic carbocycles. The zero-order valence-corrected chi connectivity index (χ0v) is 8.96. The zero-order valence-electron chi connectivity index (χ0n) is 8.20. The number of hydrogen-bond acceptors (Lipinski definition) is 3. The lowest BCUT2D eigenvalue weighted by atomic mass is 10.5. The lowest BCUT2D eigenvalue weighted by Gasteiger charge is -2.10.